The van der Waals surface area contributed by atoms with E-state index in [1.165, 1.54) is 12.8 Å². The van der Waals surface area contributed by atoms with Gasteiger partial charge < -0.3 is 11.1 Å². The van der Waals surface area contributed by atoms with Gasteiger partial charge in [0.05, 0.1) is 0 Å². The summed E-state index contributed by atoms with van der Waals surface area (Å²) in [5.41, 5.74) is 6.68. The van der Waals surface area contributed by atoms with Gasteiger partial charge in [0, 0.05) is 5.54 Å². The summed E-state index contributed by atoms with van der Waals surface area (Å²) in [6.45, 7) is 4.14. The lowest BCUT2D eigenvalue weighted by Gasteiger charge is -2.28. The molecule has 0 saturated heterocycles. The van der Waals surface area contributed by atoms with Gasteiger partial charge in [0.15, 0.2) is 0 Å². The molecule has 17 heavy (non-hydrogen) atoms. The van der Waals surface area contributed by atoms with Crippen LogP contribution in [0.15, 0.2) is 30.3 Å². The Labute approximate surface area is 102 Å². The number of nitrogens with one attached hydrogen (secondary N) is 1. The van der Waals surface area contributed by atoms with E-state index in [-0.39, 0.29) is 11.4 Å². The van der Waals surface area contributed by atoms with Crippen molar-refractivity contribution in [2.45, 2.75) is 38.3 Å². The monoisotopic (exact) mass is 232 g/mol. The van der Waals surface area contributed by atoms with Crippen molar-refractivity contribution < 1.29 is 4.79 Å². The van der Waals surface area contributed by atoms with Crippen molar-refractivity contribution in [1.82, 2.24) is 5.32 Å². The fraction of sp³-hybridized carbons (Fsp3) is 0.500. The van der Waals surface area contributed by atoms with E-state index in [4.69, 9.17) is 5.73 Å². The predicted octanol–water partition coefficient (Wildman–Crippen LogP) is 1.99. The average molecular weight is 232 g/mol. The van der Waals surface area contributed by atoms with Crippen molar-refractivity contribution >= 4 is 5.91 Å². The van der Waals surface area contributed by atoms with E-state index in [0.29, 0.717) is 5.92 Å². The van der Waals surface area contributed by atoms with Crippen molar-refractivity contribution in [2.75, 3.05) is 0 Å². The molecule has 92 valence electrons. The van der Waals surface area contributed by atoms with Gasteiger partial charge in [-0.15, -0.1) is 0 Å². The van der Waals surface area contributed by atoms with Gasteiger partial charge in [-0.3, -0.25) is 4.79 Å². The van der Waals surface area contributed by atoms with Crippen molar-refractivity contribution in [3.63, 3.8) is 0 Å². The molecule has 0 aromatic heterocycles. The zero-order valence-corrected chi connectivity index (χ0v) is 10.4. The van der Waals surface area contributed by atoms with Gasteiger partial charge in [-0.25, -0.2) is 0 Å². The smallest absolute Gasteiger partial charge is 0.241 e. The third kappa shape index (κ3) is 2.86. The predicted molar refractivity (Wildman–Crippen MR) is 68.3 cm³/mol. The van der Waals surface area contributed by atoms with E-state index >= 15 is 0 Å². The first-order valence-electron chi connectivity index (χ1n) is 6.13. The maximum Gasteiger partial charge on any atom is 0.241 e. The average Bonchev–Trinajstić information content (AvgIpc) is 3.12. The van der Waals surface area contributed by atoms with Crippen molar-refractivity contribution in [3.05, 3.63) is 35.9 Å². The number of benzene rings is 1. The second kappa shape index (κ2) is 4.49. The summed E-state index contributed by atoms with van der Waals surface area (Å²) in [6.07, 6.45) is 2.40. The van der Waals surface area contributed by atoms with Crippen LogP contribution in [0.3, 0.4) is 0 Å². The molecule has 0 spiro atoms. The number of carbonyl (C=O) groups excluding carboxylic acids is 1. The van der Waals surface area contributed by atoms with Crippen molar-refractivity contribution in [3.8, 4) is 0 Å². The normalized spacial score (nSPS) is 17.6. The Morgan fingerprint density at radius 3 is 2.47 bits per heavy atom. The minimum Gasteiger partial charge on any atom is -0.349 e. The highest BCUT2D eigenvalue weighted by atomic mass is 16.2. The Kier molecular flexibility index (Phi) is 3.20. The summed E-state index contributed by atoms with van der Waals surface area (Å²) in [5, 5.41) is 3.05. The highest BCUT2D eigenvalue weighted by molar-refractivity contribution is 5.83. The maximum absolute atomic E-state index is 12.1. The Morgan fingerprint density at radius 1 is 1.35 bits per heavy atom. The first kappa shape index (κ1) is 12.1. The Hall–Kier alpha value is -1.35. The molecule has 0 aliphatic heterocycles. The Bertz CT molecular complexity index is 396. The van der Waals surface area contributed by atoms with Crippen LogP contribution in [0.2, 0.25) is 0 Å². The van der Waals surface area contributed by atoms with Crippen molar-refractivity contribution in [2.24, 2.45) is 11.7 Å². The lowest BCUT2D eigenvalue weighted by molar-refractivity contribution is -0.124. The molecule has 1 fully saturated rings. The van der Waals surface area contributed by atoms with Gasteiger partial charge in [-0.05, 0) is 38.2 Å². The van der Waals surface area contributed by atoms with Crippen LogP contribution < -0.4 is 11.1 Å². The van der Waals surface area contributed by atoms with Crippen LogP contribution >= 0.6 is 0 Å². The van der Waals surface area contributed by atoms with Gasteiger partial charge in [0.1, 0.15) is 6.04 Å². The summed E-state index contributed by atoms with van der Waals surface area (Å²) >= 11 is 0. The highest BCUT2D eigenvalue weighted by Gasteiger charge is 2.39. The molecule has 1 atom stereocenters. The lowest BCUT2D eigenvalue weighted by Crippen LogP contribution is -2.48. The zero-order chi connectivity index (χ0) is 12.5. The largest absolute Gasteiger partial charge is 0.349 e. The third-order valence-corrected chi connectivity index (χ3v) is 3.48. The molecule has 3 nitrogen and oxygen atoms in total. The molecule has 1 amide bonds. The van der Waals surface area contributed by atoms with Gasteiger partial charge in [0.25, 0.3) is 0 Å². The molecular weight excluding hydrogens is 212 g/mol. The molecule has 1 aliphatic carbocycles. The summed E-state index contributed by atoms with van der Waals surface area (Å²) < 4.78 is 0. The molecule has 0 heterocycles. The van der Waals surface area contributed by atoms with E-state index in [9.17, 15) is 4.79 Å². The Balaban J connectivity index is 2.00. The molecular formula is C14H20N2O. The summed E-state index contributed by atoms with van der Waals surface area (Å²) in [5.74, 6) is 0.516. The lowest BCUT2D eigenvalue weighted by atomic mass is 9.97. The number of carbonyl (C=O) groups is 1. The standard InChI is InChI=1S/C14H20N2O/c1-14(2,11-8-9-11)16-13(17)12(15)10-6-4-3-5-7-10/h3-7,11-12H,8-9,15H2,1-2H3,(H,16,17)/t12-/m1/s1. The van der Waals surface area contributed by atoms with Crippen LogP contribution in [-0.2, 0) is 4.79 Å². The number of rotatable bonds is 4. The Morgan fingerprint density at radius 2 is 1.94 bits per heavy atom. The molecule has 0 radical (unpaired) electrons. The molecule has 1 aromatic carbocycles. The van der Waals surface area contributed by atoms with E-state index < -0.39 is 6.04 Å². The van der Waals surface area contributed by atoms with Gasteiger partial charge in [0.2, 0.25) is 5.91 Å². The zero-order valence-electron chi connectivity index (χ0n) is 10.4. The van der Waals surface area contributed by atoms with Gasteiger partial charge in [-0.1, -0.05) is 30.3 Å². The van der Waals surface area contributed by atoms with Crippen LogP contribution in [0.25, 0.3) is 0 Å². The van der Waals surface area contributed by atoms with E-state index in [2.05, 4.69) is 19.2 Å². The van der Waals surface area contributed by atoms with Crippen molar-refractivity contribution in [1.29, 1.82) is 0 Å². The summed E-state index contributed by atoms with van der Waals surface area (Å²) in [6, 6.07) is 8.91. The minimum atomic E-state index is -0.575. The van der Waals surface area contributed by atoms with Crippen LogP contribution in [0, 0.1) is 5.92 Å². The van der Waals surface area contributed by atoms with E-state index in [1.807, 2.05) is 30.3 Å². The van der Waals surface area contributed by atoms with E-state index in [0.717, 1.165) is 5.56 Å². The molecule has 3 heteroatoms. The van der Waals surface area contributed by atoms with Crippen LogP contribution in [-0.4, -0.2) is 11.4 Å². The molecule has 0 bridgehead atoms. The molecule has 1 aromatic rings. The van der Waals surface area contributed by atoms with Crippen LogP contribution in [0.4, 0.5) is 0 Å². The molecule has 0 unspecified atom stereocenters. The highest BCUT2D eigenvalue weighted by Crippen LogP contribution is 2.39. The van der Waals surface area contributed by atoms with Crippen LogP contribution in [0.1, 0.15) is 38.3 Å². The second-order valence-electron chi connectivity index (χ2n) is 5.37. The fourth-order valence-corrected chi connectivity index (χ4v) is 2.11. The number of hydrogen-bond acceptors (Lipinski definition) is 2. The molecule has 2 rings (SSSR count). The molecule has 3 N–H and O–H groups in total. The first-order chi connectivity index (χ1) is 8.00. The number of amides is 1. The van der Waals surface area contributed by atoms with E-state index in [1.54, 1.807) is 0 Å². The first-order valence-corrected chi connectivity index (χ1v) is 6.13. The number of hydrogen-bond donors (Lipinski definition) is 2. The maximum atomic E-state index is 12.1. The quantitative estimate of drug-likeness (QED) is 0.834. The summed E-state index contributed by atoms with van der Waals surface area (Å²) in [7, 11) is 0. The van der Waals surface area contributed by atoms with Crippen LogP contribution in [0.5, 0.6) is 0 Å². The summed E-state index contributed by atoms with van der Waals surface area (Å²) in [4.78, 5) is 12.1. The third-order valence-electron chi connectivity index (χ3n) is 3.48. The van der Waals surface area contributed by atoms with Gasteiger partial charge in [-0.2, -0.15) is 0 Å². The molecule has 1 saturated carbocycles. The minimum absolute atomic E-state index is 0.0897. The van der Waals surface area contributed by atoms with Gasteiger partial charge >= 0.3 is 0 Å². The second-order valence-corrected chi connectivity index (χ2v) is 5.37. The number of nitrogens with two attached hydrogens (primary N) is 1. The SMILES string of the molecule is CC(C)(NC(=O)[C@H](N)c1ccccc1)C1CC1. The topological polar surface area (TPSA) is 55.1 Å². The fourth-order valence-electron chi connectivity index (χ4n) is 2.11. The molecule has 1 aliphatic rings.